The van der Waals surface area contributed by atoms with Crippen molar-refractivity contribution in [2.75, 3.05) is 6.54 Å². The molecule has 94 valence electrons. The van der Waals surface area contributed by atoms with Crippen LogP contribution in [0.3, 0.4) is 0 Å². The van der Waals surface area contributed by atoms with E-state index in [0.717, 1.165) is 8.04 Å². The lowest BCUT2D eigenvalue weighted by molar-refractivity contribution is 0.0871. The van der Waals surface area contributed by atoms with Gasteiger partial charge in [0.15, 0.2) is 0 Å². The van der Waals surface area contributed by atoms with Gasteiger partial charge in [0.05, 0.1) is 11.7 Å². The molecule has 1 aromatic rings. The predicted octanol–water partition coefficient (Wildman–Crippen LogP) is 2.80. The zero-order valence-corrected chi connectivity index (χ0v) is 13.4. The van der Waals surface area contributed by atoms with Crippen LogP contribution < -0.4 is 5.32 Å². The van der Waals surface area contributed by atoms with E-state index < -0.39 is 6.10 Å². The smallest absolute Gasteiger partial charge is 0.252 e. The Morgan fingerprint density at radius 3 is 2.76 bits per heavy atom. The lowest BCUT2D eigenvalue weighted by atomic mass is 10.1. The number of hydrogen-bond acceptors (Lipinski definition) is 2. The van der Waals surface area contributed by atoms with E-state index >= 15 is 0 Å². The molecule has 0 bridgehead atoms. The van der Waals surface area contributed by atoms with Gasteiger partial charge in [-0.25, -0.2) is 0 Å². The Hall–Kier alpha value is -0.140. The number of benzene rings is 1. The summed E-state index contributed by atoms with van der Waals surface area (Å²) in [6, 6.07) is 5.54. The minimum atomic E-state index is -0.510. The summed E-state index contributed by atoms with van der Waals surface area (Å²) in [5.41, 5.74) is 0.621. The molecule has 1 rings (SSSR count). The molecular formula is C12H15BrINO2. The monoisotopic (exact) mass is 411 g/mol. The van der Waals surface area contributed by atoms with E-state index in [9.17, 15) is 9.90 Å². The summed E-state index contributed by atoms with van der Waals surface area (Å²) in [4.78, 5) is 11.9. The van der Waals surface area contributed by atoms with E-state index in [1.165, 1.54) is 0 Å². The fourth-order valence-electron chi connectivity index (χ4n) is 1.20. The molecule has 1 atom stereocenters. The van der Waals surface area contributed by atoms with Gasteiger partial charge in [-0.1, -0.05) is 29.8 Å². The third kappa shape index (κ3) is 4.56. The van der Waals surface area contributed by atoms with Crippen LogP contribution in [-0.2, 0) is 0 Å². The summed E-state index contributed by atoms with van der Waals surface area (Å²) < 4.78 is 1.76. The van der Waals surface area contributed by atoms with Crippen LogP contribution >= 0.6 is 38.5 Å². The van der Waals surface area contributed by atoms with Crippen LogP contribution in [0.1, 0.15) is 24.2 Å². The van der Waals surface area contributed by atoms with Gasteiger partial charge in [0.1, 0.15) is 0 Å². The SMILES string of the molecule is CC(C)C(O)CNC(=O)c1cc(Br)ccc1I. The van der Waals surface area contributed by atoms with Crippen LogP contribution in [0.4, 0.5) is 0 Å². The number of aliphatic hydroxyl groups excluding tert-OH is 1. The van der Waals surface area contributed by atoms with Crippen molar-refractivity contribution in [1.82, 2.24) is 5.32 Å². The topological polar surface area (TPSA) is 49.3 Å². The zero-order valence-electron chi connectivity index (χ0n) is 9.71. The van der Waals surface area contributed by atoms with Crippen molar-refractivity contribution in [3.05, 3.63) is 31.8 Å². The number of carbonyl (C=O) groups is 1. The van der Waals surface area contributed by atoms with Gasteiger partial charge in [-0.2, -0.15) is 0 Å². The molecule has 0 aliphatic heterocycles. The molecule has 3 nitrogen and oxygen atoms in total. The van der Waals surface area contributed by atoms with Crippen molar-refractivity contribution in [2.24, 2.45) is 5.92 Å². The third-order valence-corrected chi connectivity index (χ3v) is 3.85. The standard InChI is InChI=1S/C12H15BrINO2/c1-7(2)11(16)6-15-12(17)9-5-8(13)3-4-10(9)14/h3-5,7,11,16H,6H2,1-2H3,(H,15,17). The second kappa shape index (κ2) is 6.70. The molecule has 0 radical (unpaired) electrons. The largest absolute Gasteiger partial charge is 0.391 e. The predicted molar refractivity (Wildman–Crippen MR) is 80.0 cm³/mol. The summed E-state index contributed by atoms with van der Waals surface area (Å²) in [5, 5.41) is 12.4. The molecule has 17 heavy (non-hydrogen) atoms. The van der Waals surface area contributed by atoms with Gasteiger partial charge < -0.3 is 10.4 Å². The summed E-state index contributed by atoms with van der Waals surface area (Å²) in [6.07, 6.45) is -0.510. The number of nitrogens with one attached hydrogen (secondary N) is 1. The van der Waals surface area contributed by atoms with Crippen LogP contribution in [0.2, 0.25) is 0 Å². The second-order valence-corrected chi connectivity index (χ2v) is 6.22. The molecule has 1 amide bonds. The van der Waals surface area contributed by atoms with Crippen molar-refractivity contribution in [2.45, 2.75) is 20.0 Å². The highest BCUT2D eigenvalue weighted by Gasteiger charge is 2.14. The molecule has 2 N–H and O–H groups in total. The van der Waals surface area contributed by atoms with Gasteiger partial charge in [0, 0.05) is 14.6 Å². The second-order valence-electron chi connectivity index (χ2n) is 4.15. The number of carbonyl (C=O) groups excluding carboxylic acids is 1. The maximum Gasteiger partial charge on any atom is 0.252 e. The Morgan fingerprint density at radius 1 is 1.53 bits per heavy atom. The van der Waals surface area contributed by atoms with Gasteiger partial charge >= 0.3 is 0 Å². The molecule has 0 aliphatic rings. The van der Waals surface area contributed by atoms with Crippen molar-refractivity contribution < 1.29 is 9.90 Å². The molecule has 0 fully saturated rings. The van der Waals surface area contributed by atoms with Crippen LogP contribution in [0, 0.1) is 9.49 Å². The summed E-state index contributed by atoms with van der Waals surface area (Å²) in [5.74, 6) is -0.0210. The first-order valence-corrected chi connectivity index (χ1v) is 7.20. The van der Waals surface area contributed by atoms with E-state index in [0.29, 0.717) is 5.56 Å². The molecule has 1 aromatic carbocycles. The minimum absolute atomic E-state index is 0.136. The maximum atomic E-state index is 11.9. The first-order chi connectivity index (χ1) is 7.91. The number of amides is 1. The molecule has 0 spiro atoms. The van der Waals surface area contributed by atoms with E-state index in [4.69, 9.17) is 0 Å². The lowest BCUT2D eigenvalue weighted by Crippen LogP contribution is -2.35. The summed E-state index contributed by atoms with van der Waals surface area (Å²) in [7, 11) is 0. The molecule has 0 aliphatic carbocycles. The summed E-state index contributed by atoms with van der Waals surface area (Å²) in [6.45, 7) is 4.11. The highest BCUT2D eigenvalue weighted by Crippen LogP contribution is 2.18. The number of aliphatic hydroxyl groups is 1. The Morgan fingerprint density at radius 2 is 2.18 bits per heavy atom. The van der Waals surface area contributed by atoms with Gasteiger partial charge in [0.25, 0.3) is 5.91 Å². The molecule has 0 heterocycles. The van der Waals surface area contributed by atoms with Crippen molar-refractivity contribution in [1.29, 1.82) is 0 Å². The van der Waals surface area contributed by atoms with Gasteiger partial charge in [-0.3, -0.25) is 4.79 Å². The van der Waals surface area contributed by atoms with E-state index in [1.807, 2.05) is 26.0 Å². The zero-order chi connectivity index (χ0) is 13.0. The van der Waals surface area contributed by atoms with E-state index in [2.05, 4.69) is 43.8 Å². The third-order valence-electron chi connectivity index (χ3n) is 2.41. The van der Waals surface area contributed by atoms with E-state index in [1.54, 1.807) is 6.07 Å². The quantitative estimate of drug-likeness (QED) is 0.748. The number of rotatable bonds is 4. The van der Waals surface area contributed by atoms with Crippen molar-refractivity contribution >= 4 is 44.4 Å². The molecule has 0 saturated heterocycles. The Balaban J connectivity index is 2.67. The minimum Gasteiger partial charge on any atom is -0.391 e. The lowest BCUT2D eigenvalue weighted by Gasteiger charge is -2.15. The Bertz CT molecular complexity index is 409. The fraction of sp³-hybridized carbons (Fsp3) is 0.417. The average molecular weight is 412 g/mol. The molecule has 1 unspecified atom stereocenters. The first-order valence-electron chi connectivity index (χ1n) is 5.33. The van der Waals surface area contributed by atoms with Crippen LogP contribution in [-0.4, -0.2) is 23.7 Å². The van der Waals surface area contributed by atoms with Crippen LogP contribution in [0.25, 0.3) is 0 Å². The normalized spacial score (nSPS) is 12.6. The van der Waals surface area contributed by atoms with E-state index in [-0.39, 0.29) is 18.4 Å². The number of halogens is 2. The van der Waals surface area contributed by atoms with Crippen LogP contribution in [0.15, 0.2) is 22.7 Å². The Labute approximate surface area is 123 Å². The molecule has 0 aromatic heterocycles. The van der Waals surface area contributed by atoms with Gasteiger partial charge in [-0.05, 0) is 46.7 Å². The number of hydrogen-bond donors (Lipinski definition) is 2. The van der Waals surface area contributed by atoms with Gasteiger partial charge in [-0.15, -0.1) is 0 Å². The van der Waals surface area contributed by atoms with Gasteiger partial charge in [0.2, 0.25) is 0 Å². The molecular weight excluding hydrogens is 397 g/mol. The first kappa shape index (κ1) is 14.9. The highest BCUT2D eigenvalue weighted by molar-refractivity contribution is 14.1. The van der Waals surface area contributed by atoms with Crippen molar-refractivity contribution in [3.8, 4) is 0 Å². The summed E-state index contributed by atoms with van der Waals surface area (Å²) >= 11 is 5.45. The van der Waals surface area contributed by atoms with Crippen LogP contribution in [0.5, 0.6) is 0 Å². The average Bonchev–Trinajstić information content (AvgIpc) is 2.28. The Kier molecular flexibility index (Phi) is 5.88. The fourth-order valence-corrected chi connectivity index (χ4v) is 2.14. The molecule has 5 heteroatoms. The van der Waals surface area contributed by atoms with Crippen molar-refractivity contribution in [3.63, 3.8) is 0 Å². The molecule has 0 saturated carbocycles. The highest BCUT2D eigenvalue weighted by atomic mass is 127. The maximum absolute atomic E-state index is 11.9.